The fourth-order valence-electron chi connectivity index (χ4n) is 5.62. The number of rotatable bonds is 26. The summed E-state index contributed by atoms with van der Waals surface area (Å²) >= 11 is 0. The lowest BCUT2D eigenvalue weighted by Gasteiger charge is -2.23. The van der Waals surface area contributed by atoms with Gasteiger partial charge in [-0.05, 0) is 56.4 Å². The Labute approximate surface area is 281 Å². The summed E-state index contributed by atoms with van der Waals surface area (Å²) in [5, 5.41) is 3.74. The number of allylic oxidation sites excluding steroid dienone is 2. The number of nitrogens with one attached hydrogen (secondary N) is 1. The molecule has 1 aliphatic rings. The Morgan fingerprint density at radius 3 is 1.20 bits per heavy atom. The second-order valence-electron chi connectivity index (χ2n) is 12.5. The molecule has 0 unspecified atom stereocenters. The Morgan fingerprint density at radius 2 is 0.826 bits per heavy atom. The standard InChI is InChI=1S/C41H63NO4/c1-5-9-13-17-28-43-34-24-26-36(40(32-34)45-30-19-15-11-7-3)38-22-21-23-39(42-38)37-27-25-35(44-29-18-14-10-6-2)33-41(37)46-31-20-16-12-8-4/h22-27,32-33,42H,5-21,28-31H2,1-4H3. The topological polar surface area (TPSA) is 49.0 Å². The lowest BCUT2D eigenvalue weighted by atomic mass is 10.0. The van der Waals surface area contributed by atoms with Gasteiger partial charge in [0.15, 0.2) is 0 Å². The highest BCUT2D eigenvalue weighted by atomic mass is 16.5. The number of unbranched alkanes of at least 4 members (excludes halogenated alkanes) is 12. The molecule has 0 amide bonds. The third-order valence-corrected chi connectivity index (χ3v) is 8.44. The second-order valence-corrected chi connectivity index (χ2v) is 12.5. The van der Waals surface area contributed by atoms with Gasteiger partial charge in [0.1, 0.15) is 23.0 Å². The minimum Gasteiger partial charge on any atom is -0.493 e. The highest BCUT2D eigenvalue weighted by Crippen LogP contribution is 2.36. The molecule has 256 valence electrons. The molecule has 3 rings (SSSR count). The first-order valence-electron chi connectivity index (χ1n) is 18.7. The second kappa shape index (κ2) is 23.3. The molecular weight excluding hydrogens is 570 g/mol. The highest BCUT2D eigenvalue weighted by Gasteiger charge is 2.18. The number of hydrogen-bond donors (Lipinski definition) is 1. The molecule has 2 aromatic carbocycles. The van der Waals surface area contributed by atoms with Crippen molar-refractivity contribution in [1.82, 2.24) is 5.32 Å². The lowest BCUT2D eigenvalue weighted by molar-refractivity contribution is 0.289. The number of dihydropyridines is 1. The van der Waals surface area contributed by atoms with Crippen molar-refractivity contribution in [2.75, 3.05) is 26.4 Å². The number of ether oxygens (including phenoxy) is 4. The van der Waals surface area contributed by atoms with Crippen molar-refractivity contribution in [2.24, 2.45) is 0 Å². The molecule has 1 N–H and O–H groups in total. The van der Waals surface area contributed by atoms with Crippen LogP contribution in [0.4, 0.5) is 0 Å². The van der Waals surface area contributed by atoms with Gasteiger partial charge in [0.2, 0.25) is 0 Å². The maximum absolute atomic E-state index is 6.43. The molecule has 0 atom stereocenters. The van der Waals surface area contributed by atoms with Gasteiger partial charge in [-0.25, -0.2) is 0 Å². The van der Waals surface area contributed by atoms with Crippen molar-refractivity contribution in [2.45, 2.75) is 137 Å². The van der Waals surface area contributed by atoms with E-state index in [9.17, 15) is 0 Å². The smallest absolute Gasteiger partial charge is 0.132 e. The van der Waals surface area contributed by atoms with Crippen LogP contribution in [0.2, 0.25) is 0 Å². The maximum Gasteiger partial charge on any atom is 0.132 e. The van der Waals surface area contributed by atoms with Crippen LogP contribution < -0.4 is 24.3 Å². The molecule has 0 fully saturated rings. The highest BCUT2D eigenvalue weighted by molar-refractivity contribution is 5.83. The molecule has 0 aliphatic carbocycles. The fraction of sp³-hybridized carbons (Fsp3) is 0.610. The first kappa shape index (κ1) is 37.4. The van der Waals surface area contributed by atoms with Crippen LogP contribution in [-0.4, -0.2) is 26.4 Å². The van der Waals surface area contributed by atoms with Gasteiger partial charge in [-0.2, -0.15) is 0 Å². The molecule has 5 heteroatoms. The molecule has 1 aliphatic heterocycles. The van der Waals surface area contributed by atoms with Crippen LogP contribution in [0.15, 0.2) is 48.6 Å². The summed E-state index contributed by atoms with van der Waals surface area (Å²) in [6, 6.07) is 12.6. The van der Waals surface area contributed by atoms with E-state index in [-0.39, 0.29) is 0 Å². The number of benzene rings is 2. The molecule has 0 spiro atoms. The van der Waals surface area contributed by atoms with E-state index in [1.54, 1.807) is 0 Å². The quantitative estimate of drug-likeness (QED) is 0.104. The average Bonchev–Trinajstić information content (AvgIpc) is 3.08. The van der Waals surface area contributed by atoms with Gasteiger partial charge in [0, 0.05) is 34.7 Å². The molecule has 0 radical (unpaired) electrons. The molecule has 5 nitrogen and oxygen atoms in total. The van der Waals surface area contributed by atoms with Gasteiger partial charge in [-0.1, -0.05) is 117 Å². The van der Waals surface area contributed by atoms with Crippen molar-refractivity contribution in [3.63, 3.8) is 0 Å². The minimum atomic E-state index is 0.707. The van der Waals surface area contributed by atoms with Crippen LogP contribution in [0.3, 0.4) is 0 Å². The van der Waals surface area contributed by atoms with Crippen molar-refractivity contribution >= 4 is 11.4 Å². The van der Waals surface area contributed by atoms with E-state index >= 15 is 0 Å². The van der Waals surface area contributed by atoms with Crippen LogP contribution >= 0.6 is 0 Å². The summed E-state index contributed by atoms with van der Waals surface area (Å²) in [4.78, 5) is 0. The van der Waals surface area contributed by atoms with E-state index in [2.05, 4.69) is 81.6 Å². The number of hydrogen-bond acceptors (Lipinski definition) is 5. The minimum absolute atomic E-state index is 0.707. The predicted molar refractivity (Wildman–Crippen MR) is 195 cm³/mol. The van der Waals surface area contributed by atoms with Gasteiger partial charge in [0.05, 0.1) is 26.4 Å². The van der Waals surface area contributed by atoms with Gasteiger partial charge in [-0.15, -0.1) is 0 Å². The predicted octanol–water partition coefficient (Wildman–Crippen LogP) is 11.9. The van der Waals surface area contributed by atoms with E-state index in [0.717, 1.165) is 90.8 Å². The fourth-order valence-corrected chi connectivity index (χ4v) is 5.62. The Morgan fingerprint density at radius 1 is 0.457 bits per heavy atom. The van der Waals surface area contributed by atoms with Gasteiger partial charge in [-0.3, -0.25) is 0 Å². The average molecular weight is 634 g/mol. The lowest BCUT2D eigenvalue weighted by Crippen LogP contribution is -2.16. The largest absolute Gasteiger partial charge is 0.493 e. The van der Waals surface area contributed by atoms with E-state index in [1.165, 1.54) is 77.0 Å². The zero-order valence-corrected chi connectivity index (χ0v) is 29.6. The summed E-state index contributed by atoms with van der Waals surface area (Å²) in [6.45, 7) is 11.8. The summed E-state index contributed by atoms with van der Waals surface area (Å²) < 4.78 is 25.2. The third-order valence-electron chi connectivity index (χ3n) is 8.44. The Bertz CT molecular complexity index is 1080. The van der Waals surface area contributed by atoms with Crippen LogP contribution in [0.5, 0.6) is 23.0 Å². The zero-order valence-electron chi connectivity index (χ0n) is 29.6. The Balaban J connectivity index is 1.76. The van der Waals surface area contributed by atoms with E-state index in [0.29, 0.717) is 13.2 Å². The van der Waals surface area contributed by atoms with E-state index in [4.69, 9.17) is 18.9 Å². The van der Waals surface area contributed by atoms with Crippen LogP contribution in [-0.2, 0) is 0 Å². The van der Waals surface area contributed by atoms with Gasteiger partial charge >= 0.3 is 0 Å². The normalized spacial score (nSPS) is 12.7. The van der Waals surface area contributed by atoms with Crippen molar-refractivity contribution < 1.29 is 18.9 Å². The first-order valence-corrected chi connectivity index (χ1v) is 18.7. The van der Waals surface area contributed by atoms with Gasteiger partial charge < -0.3 is 24.3 Å². The van der Waals surface area contributed by atoms with Crippen molar-refractivity contribution in [1.29, 1.82) is 0 Å². The van der Waals surface area contributed by atoms with Gasteiger partial charge in [0.25, 0.3) is 0 Å². The van der Waals surface area contributed by atoms with Crippen molar-refractivity contribution in [3.05, 3.63) is 59.7 Å². The molecule has 0 aromatic heterocycles. The molecule has 2 aromatic rings. The monoisotopic (exact) mass is 633 g/mol. The molecule has 0 saturated heterocycles. The molecule has 46 heavy (non-hydrogen) atoms. The van der Waals surface area contributed by atoms with Crippen LogP contribution in [0.1, 0.15) is 148 Å². The summed E-state index contributed by atoms with van der Waals surface area (Å²) in [6.07, 6.45) is 24.2. The summed E-state index contributed by atoms with van der Waals surface area (Å²) in [7, 11) is 0. The van der Waals surface area contributed by atoms with Crippen LogP contribution in [0, 0.1) is 0 Å². The maximum atomic E-state index is 6.43. The molecule has 1 heterocycles. The van der Waals surface area contributed by atoms with E-state index in [1.807, 2.05) is 0 Å². The summed E-state index contributed by atoms with van der Waals surface area (Å²) in [5.74, 6) is 3.50. The van der Waals surface area contributed by atoms with Crippen molar-refractivity contribution in [3.8, 4) is 23.0 Å². The van der Waals surface area contributed by atoms with Crippen LogP contribution in [0.25, 0.3) is 11.4 Å². The molecular formula is C41H63NO4. The Hall–Kier alpha value is -3.08. The SMILES string of the molecule is CCCCCCOc1ccc(C2=CCC=C(c3ccc(OCCCCCC)cc3OCCCCCC)N2)c(OCCCCCC)c1. The van der Waals surface area contributed by atoms with E-state index < -0.39 is 0 Å². The Kier molecular flexibility index (Phi) is 18.9. The molecule has 0 bridgehead atoms. The summed E-state index contributed by atoms with van der Waals surface area (Å²) in [5.41, 5.74) is 4.24. The zero-order chi connectivity index (χ0) is 32.7. The third kappa shape index (κ3) is 13.7. The first-order chi connectivity index (χ1) is 22.7. The molecule has 0 saturated carbocycles.